The highest BCUT2D eigenvalue weighted by atomic mass is 15.2. The van der Waals surface area contributed by atoms with E-state index in [-0.39, 0.29) is 0 Å². The van der Waals surface area contributed by atoms with Crippen LogP contribution in [0.4, 0.5) is 0 Å². The molecule has 0 unspecified atom stereocenters. The van der Waals surface area contributed by atoms with E-state index in [0.717, 1.165) is 0 Å². The normalized spacial score (nSPS) is 12.4. The maximum Gasteiger partial charge on any atom is 0.0153 e. The Morgan fingerprint density at radius 1 is 0.857 bits per heavy atom. The average Bonchev–Trinajstić information content (AvgIpc) is 2.14. The molecule has 0 amide bonds. The Balaban J connectivity index is 3.80. The van der Waals surface area contributed by atoms with Gasteiger partial charge in [0.25, 0.3) is 0 Å². The van der Waals surface area contributed by atoms with Crippen LogP contribution >= 0.6 is 0 Å². The molecule has 0 N–H and O–H groups in total. The van der Waals surface area contributed by atoms with E-state index in [0.29, 0.717) is 5.54 Å². The lowest BCUT2D eigenvalue weighted by Crippen LogP contribution is -2.43. The monoisotopic (exact) mass is 199 g/mol. The smallest absolute Gasteiger partial charge is 0.0153 e. The molecule has 0 spiro atoms. The standard InChI is InChI=1S/C13H29N/c1-6-9-10-11-12-13(4,5)14(7-2)8-3/h6-12H2,1-5H3. The fourth-order valence-electron chi connectivity index (χ4n) is 2.22. The number of hydrogen-bond acceptors (Lipinski definition) is 1. The summed E-state index contributed by atoms with van der Waals surface area (Å²) >= 11 is 0. The van der Waals surface area contributed by atoms with E-state index < -0.39 is 0 Å². The Bertz CT molecular complexity index is 125. The van der Waals surface area contributed by atoms with Crippen molar-refractivity contribution >= 4 is 0 Å². The molecule has 14 heavy (non-hydrogen) atoms. The fourth-order valence-corrected chi connectivity index (χ4v) is 2.22. The van der Waals surface area contributed by atoms with Crippen molar-refractivity contribution in [2.45, 2.75) is 72.3 Å². The topological polar surface area (TPSA) is 3.24 Å². The van der Waals surface area contributed by atoms with Gasteiger partial charge in [0.1, 0.15) is 0 Å². The largest absolute Gasteiger partial charge is 0.299 e. The first-order chi connectivity index (χ1) is 6.58. The number of nitrogens with zero attached hydrogens (tertiary/aromatic N) is 1. The van der Waals surface area contributed by atoms with E-state index in [1.54, 1.807) is 0 Å². The first kappa shape index (κ1) is 14.0. The lowest BCUT2D eigenvalue weighted by molar-refractivity contribution is 0.122. The third-order valence-corrected chi connectivity index (χ3v) is 3.26. The lowest BCUT2D eigenvalue weighted by Gasteiger charge is -2.37. The van der Waals surface area contributed by atoms with Crippen molar-refractivity contribution in [2.24, 2.45) is 0 Å². The van der Waals surface area contributed by atoms with Gasteiger partial charge in [0.05, 0.1) is 0 Å². The number of rotatable bonds is 8. The molecule has 0 heterocycles. The van der Waals surface area contributed by atoms with Crippen molar-refractivity contribution in [1.29, 1.82) is 0 Å². The molecule has 0 fully saturated rings. The summed E-state index contributed by atoms with van der Waals surface area (Å²) in [4.78, 5) is 2.57. The van der Waals surface area contributed by atoms with Crippen molar-refractivity contribution in [1.82, 2.24) is 4.90 Å². The van der Waals surface area contributed by atoms with Crippen LogP contribution in [0, 0.1) is 0 Å². The molecule has 0 rings (SSSR count). The minimum Gasteiger partial charge on any atom is -0.299 e. The van der Waals surface area contributed by atoms with Crippen LogP contribution in [-0.2, 0) is 0 Å². The van der Waals surface area contributed by atoms with Gasteiger partial charge in [-0.25, -0.2) is 0 Å². The molecule has 0 aliphatic rings. The zero-order chi connectivity index (χ0) is 11.0. The zero-order valence-electron chi connectivity index (χ0n) is 10.9. The van der Waals surface area contributed by atoms with Gasteiger partial charge >= 0.3 is 0 Å². The summed E-state index contributed by atoms with van der Waals surface area (Å²) in [5.41, 5.74) is 0.400. The highest BCUT2D eigenvalue weighted by Gasteiger charge is 2.22. The van der Waals surface area contributed by atoms with Crippen LogP contribution in [-0.4, -0.2) is 23.5 Å². The number of unbranched alkanes of at least 4 members (excludes halogenated alkanes) is 3. The summed E-state index contributed by atoms with van der Waals surface area (Å²) < 4.78 is 0. The predicted molar refractivity (Wildman–Crippen MR) is 65.8 cm³/mol. The van der Waals surface area contributed by atoms with E-state index in [1.807, 2.05) is 0 Å². The van der Waals surface area contributed by atoms with E-state index in [2.05, 4.69) is 39.5 Å². The Kier molecular flexibility index (Phi) is 7.26. The quantitative estimate of drug-likeness (QED) is 0.532. The Morgan fingerprint density at radius 3 is 1.86 bits per heavy atom. The van der Waals surface area contributed by atoms with Gasteiger partial charge in [0.15, 0.2) is 0 Å². The lowest BCUT2D eigenvalue weighted by atomic mass is 9.94. The van der Waals surface area contributed by atoms with Crippen molar-refractivity contribution in [2.75, 3.05) is 13.1 Å². The van der Waals surface area contributed by atoms with Crippen LogP contribution in [0.25, 0.3) is 0 Å². The second-order valence-corrected chi connectivity index (χ2v) is 4.80. The van der Waals surface area contributed by atoms with Crippen LogP contribution in [0.2, 0.25) is 0 Å². The SMILES string of the molecule is CCCCCCC(C)(C)N(CC)CC. The second-order valence-electron chi connectivity index (χ2n) is 4.80. The summed E-state index contributed by atoms with van der Waals surface area (Å²) in [6.07, 6.45) is 6.87. The highest BCUT2D eigenvalue weighted by molar-refractivity contribution is 4.79. The summed E-state index contributed by atoms with van der Waals surface area (Å²) in [5, 5.41) is 0. The van der Waals surface area contributed by atoms with Gasteiger partial charge in [0.2, 0.25) is 0 Å². The predicted octanol–water partition coefficient (Wildman–Crippen LogP) is 4.08. The molecule has 0 aromatic heterocycles. The van der Waals surface area contributed by atoms with E-state index in [9.17, 15) is 0 Å². The van der Waals surface area contributed by atoms with Crippen molar-refractivity contribution in [3.05, 3.63) is 0 Å². The van der Waals surface area contributed by atoms with Crippen LogP contribution < -0.4 is 0 Å². The molecule has 86 valence electrons. The van der Waals surface area contributed by atoms with Crippen molar-refractivity contribution in [3.63, 3.8) is 0 Å². The van der Waals surface area contributed by atoms with Gasteiger partial charge < -0.3 is 0 Å². The molecule has 1 nitrogen and oxygen atoms in total. The molecule has 0 bridgehead atoms. The van der Waals surface area contributed by atoms with E-state index >= 15 is 0 Å². The minimum absolute atomic E-state index is 0.400. The molecule has 0 saturated carbocycles. The molecule has 0 aromatic rings. The second kappa shape index (κ2) is 7.28. The maximum absolute atomic E-state index is 2.57. The molecule has 0 saturated heterocycles. The third-order valence-electron chi connectivity index (χ3n) is 3.26. The van der Waals surface area contributed by atoms with Gasteiger partial charge in [-0.15, -0.1) is 0 Å². The van der Waals surface area contributed by atoms with E-state index in [4.69, 9.17) is 0 Å². The van der Waals surface area contributed by atoms with Gasteiger partial charge in [0, 0.05) is 5.54 Å². The van der Waals surface area contributed by atoms with Crippen LogP contribution in [0.1, 0.15) is 66.7 Å². The summed E-state index contributed by atoms with van der Waals surface area (Å²) in [7, 11) is 0. The van der Waals surface area contributed by atoms with Crippen LogP contribution in [0.3, 0.4) is 0 Å². The van der Waals surface area contributed by atoms with Gasteiger partial charge in [-0.05, 0) is 33.4 Å². The zero-order valence-corrected chi connectivity index (χ0v) is 10.9. The molecule has 0 aliphatic heterocycles. The summed E-state index contributed by atoms with van der Waals surface area (Å²) in [5.74, 6) is 0. The van der Waals surface area contributed by atoms with Crippen LogP contribution in [0.5, 0.6) is 0 Å². The minimum atomic E-state index is 0.400. The average molecular weight is 199 g/mol. The first-order valence-corrected chi connectivity index (χ1v) is 6.33. The Hall–Kier alpha value is -0.0400. The molecule has 0 aliphatic carbocycles. The first-order valence-electron chi connectivity index (χ1n) is 6.33. The Labute approximate surface area is 90.9 Å². The van der Waals surface area contributed by atoms with Gasteiger partial charge in [-0.3, -0.25) is 4.90 Å². The van der Waals surface area contributed by atoms with Crippen molar-refractivity contribution in [3.8, 4) is 0 Å². The Morgan fingerprint density at radius 2 is 1.43 bits per heavy atom. The molecular weight excluding hydrogens is 170 g/mol. The molecule has 1 heteroatoms. The van der Waals surface area contributed by atoms with Crippen molar-refractivity contribution < 1.29 is 0 Å². The van der Waals surface area contributed by atoms with Gasteiger partial charge in [-0.2, -0.15) is 0 Å². The molecule has 0 radical (unpaired) electrons. The number of hydrogen-bond donors (Lipinski definition) is 0. The third kappa shape index (κ3) is 4.99. The molecule has 0 atom stereocenters. The highest BCUT2D eigenvalue weighted by Crippen LogP contribution is 2.21. The summed E-state index contributed by atoms with van der Waals surface area (Å²) in [6, 6.07) is 0. The van der Waals surface area contributed by atoms with Crippen LogP contribution in [0.15, 0.2) is 0 Å². The molecule has 0 aromatic carbocycles. The van der Waals surface area contributed by atoms with Gasteiger partial charge in [-0.1, -0.05) is 46.5 Å². The van der Waals surface area contributed by atoms with E-state index in [1.165, 1.54) is 45.2 Å². The molecular formula is C13H29N. The summed E-state index contributed by atoms with van der Waals surface area (Å²) in [6.45, 7) is 13.9. The maximum atomic E-state index is 2.57. The fraction of sp³-hybridized carbons (Fsp3) is 1.00.